The fourth-order valence-corrected chi connectivity index (χ4v) is 2.37. The molecule has 0 spiro atoms. The molecule has 2 rings (SSSR count). The van der Waals surface area contributed by atoms with Crippen LogP contribution in [0.2, 0.25) is 0 Å². The molecule has 0 fully saturated rings. The van der Waals surface area contributed by atoms with E-state index in [1.165, 1.54) is 26.4 Å². The highest BCUT2D eigenvalue weighted by atomic mass is 19.1. The summed E-state index contributed by atoms with van der Waals surface area (Å²) in [6, 6.07) is 9.46. The SMILES string of the molecule is COc1cc(CNCCc2ccccc2F)c([N+](=O)[O-])cc1OC. The largest absolute Gasteiger partial charge is 0.493 e. The van der Waals surface area contributed by atoms with Crippen molar-refractivity contribution >= 4 is 5.69 Å². The molecule has 128 valence electrons. The molecule has 0 unspecified atom stereocenters. The molecule has 2 aromatic rings. The van der Waals surface area contributed by atoms with Crippen molar-refractivity contribution < 1.29 is 18.8 Å². The molecule has 7 heteroatoms. The van der Waals surface area contributed by atoms with Gasteiger partial charge in [-0.25, -0.2) is 4.39 Å². The van der Waals surface area contributed by atoms with Crippen LogP contribution in [0.1, 0.15) is 11.1 Å². The fraction of sp³-hybridized carbons (Fsp3) is 0.294. The maximum absolute atomic E-state index is 13.5. The summed E-state index contributed by atoms with van der Waals surface area (Å²) in [6.45, 7) is 0.761. The molecule has 0 saturated carbocycles. The monoisotopic (exact) mass is 334 g/mol. The van der Waals surface area contributed by atoms with E-state index in [-0.39, 0.29) is 18.0 Å². The van der Waals surface area contributed by atoms with Crippen molar-refractivity contribution in [2.24, 2.45) is 0 Å². The molecule has 1 N–H and O–H groups in total. The van der Waals surface area contributed by atoms with Gasteiger partial charge in [0.2, 0.25) is 0 Å². The van der Waals surface area contributed by atoms with E-state index in [9.17, 15) is 14.5 Å². The van der Waals surface area contributed by atoms with Crippen LogP contribution < -0.4 is 14.8 Å². The summed E-state index contributed by atoms with van der Waals surface area (Å²) < 4.78 is 23.8. The van der Waals surface area contributed by atoms with Crippen molar-refractivity contribution in [3.8, 4) is 11.5 Å². The number of hydrogen-bond acceptors (Lipinski definition) is 5. The van der Waals surface area contributed by atoms with E-state index in [4.69, 9.17) is 9.47 Å². The van der Waals surface area contributed by atoms with Crippen molar-refractivity contribution in [1.29, 1.82) is 0 Å². The molecule has 0 aromatic heterocycles. The molecule has 0 bridgehead atoms. The van der Waals surface area contributed by atoms with Gasteiger partial charge in [-0.3, -0.25) is 10.1 Å². The van der Waals surface area contributed by atoms with Crippen LogP contribution in [-0.4, -0.2) is 25.7 Å². The van der Waals surface area contributed by atoms with Crippen LogP contribution >= 0.6 is 0 Å². The van der Waals surface area contributed by atoms with E-state index in [0.29, 0.717) is 35.6 Å². The number of nitrogens with one attached hydrogen (secondary N) is 1. The maximum Gasteiger partial charge on any atom is 0.277 e. The van der Waals surface area contributed by atoms with Crippen molar-refractivity contribution in [3.05, 3.63) is 63.5 Å². The molecular weight excluding hydrogens is 315 g/mol. The first kappa shape index (κ1) is 17.7. The van der Waals surface area contributed by atoms with Gasteiger partial charge in [0.05, 0.1) is 25.2 Å². The van der Waals surface area contributed by atoms with E-state index in [1.54, 1.807) is 24.3 Å². The van der Waals surface area contributed by atoms with Gasteiger partial charge in [-0.2, -0.15) is 0 Å². The number of methoxy groups -OCH3 is 2. The minimum atomic E-state index is -0.462. The van der Waals surface area contributed by atoms with Gasteiger partial charge >= 0.3 is 0 Å². The van der Waals surface area contributed by atoms with Crippen LogP contribution in [0.25, 0.3) is 0 Å². The summed E-state index contributed by atoms with van der Waals surface area (Å²) >= 11 is 0. The molecular formula is C17H19FN2O4. The van der Waals surface area contributed by atoms with Crippen molar-refractivity contribution in [2.45, 2.75) is 13.0 Å². The van der Waals surface area contributed by atoms with Gasteiger partial charge < -0.3 is 14.8 Å². The van der Waals surface area contributed by atoms with Crippen LogP contribution in [0, 0.1) is 15.9 Å². The highest BCUT2D eigenvalue weighted by molar-refractivity contribution is 5.54. The maximum atomic E-state index is 13.5. The quantitative estimate of drug-likeness (QED) is 0.456. The summed E-state index contributed by atoms with van der Waals surface area (Å²) in [5.41, 5.74) is 1.03. The Morgan fingerprint density at radius 1 is 1.12 bits per heavy atom. The fourth-order valence-electron chi connectivity index (χ4n) is 2.37. The molecule has 0 saturated heterocycles. The van der Waals surface area contributed by atoms with Crippen LogP contribution in [0.5, 0.6) is 11.5 Å². The minimum Gasteiger partial charge on any atom is -0.493 e. The first-order valence-corrected chi connectivity index (χ1v) is 7.40. The zero-order valence-electron chi connectivity index (χ0n) is 13.5. The zero-order valence-corrected chi connectivity index (χ0v) is 13.5. The minimum absolute atomic E-state index is 0.0500. The lowest BCUT2D eigenvalue weighted by atomic mass is 10.1. The molecule has 0 atom stereocenters. The Hall–Kier alpha value is -2.67. The van der Waals surface area contributed by atoms with E-state index in [0.717, 1.165) is 0 Å². The molecule has 0 aliphatic carbocycles. The second kappa shape index (κ2) is 8.26. The summed E-state index contributed by atoms with van der Waals surface area (Å²) in [4.78, 5) is 10.8. The van der Waals surface area contributed by atoms with Gasteiger partial charge in [-0.05, 0) is 30.7 Å². The Balaban J connectivity index is 2.06. The topological polar surface area (TPSA) is 73.6 Å². The third-order valence-electron chi connectivity index (χ3n) is 3.63. The number of benzene rings is 2. The first-order chi connectivity index (χ1) is 11.6. The highest BCUT2D eigenvalue weighted by Gasteiger charge is 2.19. The predicted molar refractivity (Wildman–Crippen MR) is 88.0 cm³/mol. The lowest BCUT2D eigenvalue weighted by Crippen LogP contribution is -2.18. The second-order valence-electron chi connectivity index (χ2n) is 5.11. The van der Waals surface area contributed by atoms with Crippen molar-refractivity contribution in [2.75, 3.05) is 20.8 Å². The number of nitro groups is 1. The van der Waals surface area contributed by atoms with Gasteiger partial charge in [0.15, 0.2) is 11.5 Å². The van der Waals surface area contributed by atoms with Crippen molar-refractivity contribution in [3.63, 3.8) is 0 Å². The lowest BCUT2D eigenvalue weighted by Gasteiger charge is -2.11. The van der Waals surface area contributed by atoms with E-state index >= 15 is 0 Å². The number of hydrogen-bond donors (Lipinski definition) is 1. The highest BCUT2D eigenvalue weighted by Crippen LogP contribution is 2.34. The first-order valence-electron chi connectivity index (χ1n) is 7.40. The predicted octanol–water partition coefficient (Wildman–Crippen LogP) is 3.08. The van der Waals surface area contributed by atoms with E-state index in [2.05, 4.69) is 5.32 Å². The zero-order chi connectivity index (χ0) is 17.5. The Labute approximate surface area is 139 Å². The smallest absolute Gasteiger partial charge is 0.277 e. The summed E-state index contributed by atoms with van der Waals surface area (Å²) in [6.07, 6.45) is 0.494. The molecule has 6 nitrogen and oxygen atoms in total. The molecule has 0 amide bonds. The van der Waals surface area contributed by atoms with Crippen LogP contribution in [0.4, 0.5) is 10.1 Å². The molecule has 0 aliphatic rings. The second-order valence-corrected chi connectivity index (χ2v) is 5.11. The van der Waals surface area contributed by atoms with Gasteiger partial charge in [0, 0.05) is 12.1 Å². The van der Waals surface area contributed by atoms with E-state index in [1.807, 2.05) is 0 Å². The number of ether oxygens (including phenoxy) is 2. The average Bonchev–Trinajstić information content (AvgIpc) is 2.59. The molecule has 2 aromatic carbocycles. The van der Waals surface area contributed by atoms with Gasteiger partial charge in [-0.15, -0.1) is 0 Å². The number of nitrogens with zero attached hydrogens (tertiary/aromatic N) is 1. The summed E-state index contributed by atoms with van der Waals surface area (Å²) in [5.74, 6) is 0.477. The van der Waals surface area contributed by atoms with E-state index < -0.39 is 4.92 Å². The van der Waals surface area contributed by atoms with Crippen molar-refractivity contribution in [1.82, 2.24) is 5.32 Å². The summed E-state index contributed by atoms with van der Waals surface area (Å²) in [5, 5.41) is 14.3. The van der Waals surface area contributed by atoms with Gasteiger partial charge in [0.1, 0.15) is 5.82 Å². The molecule has 0 radical (unpaired) electrons. The van der Waals surface area contributed by atoms with Crippen LogP contribution in [-0.2, 0) is 13.0 Å². The number of halogens is 1. The van der Waals surface area contributed by atoms with Gasteiger partial charge in [0.25, 0.3) is 5.69 Å². The Kier molecular flexibility index (Phi) is 6.08. The average molecular weight is 334 g/mol. The normalized spacial score (nSPS) is 10.5. The standard InChI is InChI=1S/C17H19FN2O4/c1-23-16-9-13(15(20(21)22)10-17(16)24-2)11-19-8-7-12-5-3-4-6-14(12)18/h3-6,9-10,19H,7-8,11H2,1-2H3. The third-order valence-corrected chi connectivity index (χ3v) is 3.63. The lowest BCUT2D eigenvalue weighted by molar-refractivity contribution is -0.385. The number of nitro benzene ring substituents is 1. The molecule has 0 aliphatic heterocycles. The van der Waals surface area contributed by atoms with Crippen LogP contribution in [0.3, 0.4) is 0 Å². The molecule has 0 heterocycles. The Morgan fingerprint density at radius 3 is 2.42 bits per heavy atom. The Morgan fingerprint density at radius 2 is 1.79 bits per heavy atom. The Bertz CT molecular complexity index is 722. The number of rotatable bonds is 8. The third kappa shape index (κ3) is 4.20. The summed E-state index contributed by atoms with van der Waals surface area (Å²) in [7, 11) is 2.90. The van der Waals surface area contributed by atoms with Crippen LogP contribution in [0.15, 0.2) is 36.4 Å². The van der Waals surface area contributed by atoms with Gasteiger partial charge in [-0.1, -0.05) is 18.2 Å². The molecule has 24 heavy (non-hydrogen) atoms.